The summed E-state index contributed by atoms with van der Waals surface area (Å²) in [6.07, 6.45) is 3.67. The maximum atomic E-state index is 12.7. The lowest BCUT2D eigenvalue weighted by molar-refractivity contribution is 0.0988. The fourth-order valence-corrected chi connectivity index (χ4v) is 2.21. The maximum absolute atomic E-state index is 12.7. The Labute approximate surface area is 147 Å². The first-order chi connectivity index (χ1) is 11.7. The number of halogens is 1. The largest absolute Gasteiger partial charge is 0.494 e. The van der Waals surface area contributed by atoms with Crippen LogP contribution in [0.25, 0.3) is 0 Å². The van der Waals surface area contributed by atoms with Crippen LogP contribution in [0.5, 0.6) is 5.75 Å². The molecule has 0 bridgehead atoms. The fourth-order valence-electron chi connectivity index (χ4n) is 2.08. The zero-order valence-electron chi connectivity index (χ0n) is 13.9. The van der Waals surface area contributed by atoms with Crippen LogP contribution < -0.4 is 9.75 Å². The number of carbonyl (C=O) groups is 1. The van der Waals surface area contributed by atoms with E-state index in [9.17, 15) is 4.79 Å². The summed E-state index contributed by atoms with van der Waals surface area (Å²) in [6.45, 7) is 4.56. The van der Waals surface area contributed by atoms with Crippen molar-refractivity contribution in [3.05, 3.63) is 59.1 Å². The van der Waals surface area contributed by atoms with Crippen LogP contribution in [-0.2, 0) is 0 Å². The summed E-state index contributed by atoms with van der Waals surface area (Å²) in [4.78, 5) is 12.7. The van der Waals surface area contributed by atoms with Crippen molar-refractivity contribution in [1.29, 1.82) is 0 Å². The number of carbonyl (C=O) groups excluding carboxylic acids is 1. The van der Waals surface area contributed by atoms with Crippen LogP contribution in [-0.4, -0.2) is 18.7 Å². The molecule has 0 heterocycles. The Kier molecular flexibility index (Phi) is 6.82. The summed E-state index contributed by atoms with van der Waals surface area (Å²) in [6, 6.07) is 14.1. The second kappa shape index (κ2) is 9.08. The highest BCUT2D eigenvalue weighted by Gasteiger charge is 2.17. The Morgan fingerprint density at radius 1 is 1.17 bits per heavy atom. The van der Waals surface area contributed by atoms with E-state index in [1.54, 1.807) is 61.7 Å². The maximum Gasteiger partial charge on any atom is 0.278 e. The zero-order valence-corrected chi connectivity index (χ0v) is 14.7. The molecule has 24 heavy (non-hydrogen) atoms. The molecule has 2 rings (SSSR count). The van der Waals surface area contributed by atoms with Gasteiger partial charge in [-0.15, -0.1) is 0 Å². The molecule has 0 aliphatic heterocycles. The van der Waals surface area contributed by atoms with Gasteiger partial charge < -0.3 is 4.74 Å². The molecule has 4 nitrogen and oxygen atoms in total. The first-order valence-corrected chi connectivity index (χ1v) is 8.35. The van der Waals surface area contributed by atoms with E-state index in [0.29, 0.717) is 22.9 Å². The molecule has 0 aliphatic rings. The summed E-state index contributed by atoms with van der Waals surface area (Å²) < 4.78 is 5.62. The van der Waals surface area contributed by atoms with Crippen LogP contribution in [0, 0.1) is 0 Å². The number of hydrogen-bond acceptors (Lipinski definition) is 3. The summed E-state index contributed by atoms with van der Waals surface area (Å²) in [7, 11) is 0. The van der Waals surface area contributed by atoms with Crippen LogP contribution in [0.4, 0.5) is 5.69 Å². The molecule has 0 saturated carbocycles. The average molecular weight is 345 g/mol. The summed E-state index contributed by atoms with van der Waals surface area (Å²) in [5, 5.41) is 6.13. The molecule has 2 aromatic carbocycles. The van der Waals surface area contributed by atoms with Crippen LogP contribution in [0.3, 0.4) is 0 Å². The summed E-state index contributed by atoms with van der Waals surface area (Å²) >= 11 is 5.90. The van der Waals surface area contributed by atoms with Crippen LogP contribution >= 0.6 is 11.6 Å². The highest BCUT2D eigenvalue weighted by atomic mass is 35.5. The lowest BCUT2D eigenvalue weighted by Crippen LogP contribution is -2.25. The Bertz CT molecular complexity index is 682. The van der Waals surface area contributed by atoms with Crippen molar-refractivity contribution < 1.29 is 9.53 Å². The molecule has 0 fully saturated rings. The third-order valence-corrected chi connectivity index (χ3v) is 3.61. The number of hydrazone groups is 1. The number of anilines is 1. The van der Waals surface area contributed by atoms with Gasteiger partial charge in [-0.25, -0.2) is 0 Å². The number of rotatable bonds is 7. The van der Waals surface area contributed by atoms with Crippen molar-refractivity contribution in [3.63, 3.8) is 0 Å². The topological polar surface area (TPSA) is 41.9 Å². The molecule has 0 N–H and O–H groups in total. The standard InChI is InChI=1S/C19H21ClN2O2/c1-3-5-14-24-18-12-6-15(7-13-18)19(23)22(21-4-2)17-10-8-16(20)9-11-17/h4,6-13H,3,5,14H2,1-2H3/b21-4+. The smallest absolute Gasteiger partial charge is 0.278 e. The summed E-state index contributed by atoms with van der Waals surface area (Å²) in [5.41, 5.74) is 1.20. The molecule has 2 aromatic rings. The van der Waals surface area contributed by atoms with E-state index in [4.69, 9.17) is 16.3 Å². The highest BCUT2D eigenvalue weighted by molar-refractivity contribution is 6.30. The van der Waals surface area contributed by atoms with Gasteiger partial charge in [-0.05, 0) is 61.9 Å². The Balaban J connectivity index is 2.16. The predicted molar refractivity (Wildman–Crippen MR) is 99.3 cm³/mol. The minimum absolute atomic E-state index is 0.212. The van der Waals surface area contributed by atoms with E-state index >= 15 is 0 Å². The fraction of sp³-hybridized carbons (Fsp3) is 0.263. The number of amides is 1. The second-order valence-corrected chi connectivity index (χ2v) is 5.63. The van der Waals surface area contributed by atoms with Crippen molar-refractivity contribution in [2.75, 3.05) is 11.6 Å². The van der Waals surface area contributed by atoms with Crippen molar-refractivity contribution in [2.45, 2.75) is 26.7 Å². The molecule has 0 radical (unpaired) electrons. The predicted octanol–water partition coefficient (Wildman–Crippen LogP) is 5.17. The lowest BCUT2D eigenvalue weighted by atomic mass is 10.2. The van der Waals surface area contributed by atoms with Gasteiger partial charge in [0.1, 0.15) is 5.75 Å². The first-order valence-electron chi connectivity index (χ1n) is 7.97. The number of unbranched alkanes of at least 4 members (excludes halogenated alkanes) is 1. The molecule has 5 heteroatoms. The van der Waals surface area contributed by atoms with Crippen LogP contribution in [0.1, 0.15) is 37.0 Å². The van der Waals surface area contributed by atoms with Gasteiger partial charge in [0.2, 0.25) is 0 Å². The van der Waals surface area contributed by atoms with Crippen molar-refractivity contribution in [3.8, 4) is 5.75 Å². The molecular weight excluding hydrogens is 324 g/mol. The van der Waals surface area contributed by atoms with Gasteiger partial charge in [-0.2, -0.15) is 10.1 Å². The third-order valence-electron chi connectivity index (χ3n) is 3.36. The van der Waals surface area contributed by atoms with Gasteiger partial charge in [-0.1, -0.05) is 24.9 Å². The minimum atomic E-state index is -0.212. The lowest BCUT2D eigenvalue weighted by Gasteiger charge is -2.17. The van der Waals surface area contributed by atoms with Gasteiger partial charge >= 0.3 is 0 Å². The number of benzene rings is 2. The molecule has 0 saturated heterocycles. The van der Waals surface area contributed by atoms with E-state index in [2.05, 4.69) is 12.0 Å². The normalized spacial score (nSPS) is 10.8. The van der Waals surface area contributed by atoms with E-state index in [1.807, 2.05) is 0 Å². The molecule has 0 spiro atoms. The van der Waals surface area contributed by atoms with Crippen LogP contribution in [0.2, 0.25) is 5.02 Å². The monoisotopic (exact) mass is 344 g/mol. The first kappa shape index (κ1) is 18.0. The Morgan fingerprint density at radius 2 is 1.83 bits per heavy atom. The van der Waals surface area contributed by atoms with Crippen molar-refractivity contribution in [1.82, 2.24) is 0 Å². The van der Waals surface area contributed by atoms with E-state index in [-0.39, 0.29) is 5.91 Å². The van der Waals surface area contributed by atoms with Gasteiger partial charge in [-0.3, -0.25) is 4.79 Å². The molecule has 0 unspecified atom stereocenters. The molecule has 126 valence electrons. The minimum Gasteiger partial charge on any atom is -0.494 e. The van der Waals surface area contributed by atoms with E-state index in [0.717, 1.165) is 18.6 Å². The van der Waals surface area contributed by atoms with E-state index < -0.39 is 0 Å². The average Bonchev–Trinajstić information content (AvgIpc) is 2.61. The molecular formula is C19H21ClN2O2. The highest BCUT2D eigenvalue weighted by Crippen LogP contribution is 2.21. The second-order valence-electron chi connectivity index (χ2n) is 5.19. The van der Waals surface area contributed by atoms with Gasteiger partial charge in [0.25, 0.3) is 5.91 Å². The quantitative estimate of drug-likeness (QED) is 0.395. The van der Waals surface area contributed by atoms with Crippen molar-refractivity contribution >= 4 is 29.4 Å². The van der Waals surface area contributed by atoms with Crippen molar-refractivity contribution in [2.24, 2.45) is 5.10 Å². The molecule has 0 aliphatic carbocycles. The zero-order chi connectivity index (χ0) is 17.4. The molecule has 0 aromatic heterocycles. The van der Waals surface area contributed by atoms with Gasteiger partial charge in [0, 0.05) is 16.8 Å². The SMILES string of the molecule is C/C=N/N(C(=O)c1ccc(OCCCC)cc1)c1ccc(Cl)cc1. The van der Waals surface area contributed by atoms with Gasteiger partial charge in [0.15, 0.2) is 0 Å². The van der Waals surface area contributed by atoms with Crippen LogP contribution in [0.15, 0.2) is 53.6 Å². The molecule has 1 amide bonds. The number of nitrogens with zero attached hydrogens (tertiary/aromatic N) is 2. The summed E-state index contributed by atoms with van der Waals surface area (Å²) in [5.74, 6) is 0.549. The van der Waals surface area contributed by atoms with E-state index in [1.165, 1.54) is 5.01 Å². The Morgan fingerprint density at radius 3 is 2.42 bits per heavy atom. The number of hydrogen-bond donors (Lipinski definition) is 0. The molecule has 0 atom stereocenters. The third kappa shape index (κ3) is 4.83. The Hall–Kier alpha value is -2.33. The van der Waals surface area contributed by atoms with Gasteiger partial charge in [0.05, 0.1) is 12.3 Å². The number of ether oxygens (including phenoxy) is 1.